The summed E-state index contributed by atoms with van der Waals surface area (Å²) in [5.74, 6) is 1.01. The fourth-order valence-corrected chi connectivity index (χ4v) is 2.24. The molecule has 1 aliphatic heterocycles. The van der Waals surface area contributed by atoms with Gasteiger partial charge in [-0.1, -0.05) is 13.8 Å². The van der Waals surface area contributed by atoms with Crippen molar-refractivity contribution in [3.63, 3.8) is 0 Å². The van der Waals surface area contributed by atoms with Gasteiger partial charge in [0.25, 0.3) is 0 Å². The molecule has 1 heterocycles. The molecule has 0 aromatic rings. The number of likely N-dealkylation sites (tertiary alicyclic amines) is 1. The van der Waals surface area contributed by atoms with Crippen molar-refractivity contribution >= 4 is 5.91 Å². The minimum Gasteiger partial charge on any atom is -0.339 e. The monoisotopic (exact) mass is 212 g/mol. The van der Waals surface area contributed by atoms with Crippen LogP contribution in [-0.4, -0.2) is 37.0 Å². The summed E-state index contributed by atoms with van der Waals surface area (Å²) >= 11 is 0. The lowest BCUT2D eigenvalue weighted by Crippen LogP contribution is -2.40. The molecule has 1 saturated heterocycles. The van der Waals surface area contributed by atoms with Gasteiger partial charge < -0.3 is 10.2 Å². The SMILES string of the molecule is CNCC(=O)N1CCCC1CCC(C)C. The Morgan fingerprint density at radius 1 is 1.53 bits per heavy atom. The fraction of sp³-hybridized carbons (Fsp3) is 0.917. The van der Waals surface area contributed by atoms with Crippen LogP contribution in [0.2, 0.25) is 0 Å². The molecule has 0 aliphatic carbocycles. The Balaban J connectivity index is 2.38. The maximum Gasteiger partial charge on any atom is 0.236 e. The van der Waals surface area contributed by atoms with Crippen LogP contribution < -0.4 is 5.32 Å². The molecule has 88 valence electrons. The highest BCUT2D eigenvalue weighted by molar-refractivity contribution is 5.78. The summed E-state index contributed by atoms with van der Waals surface area (Å²) < 4.78 is 0. The van der Waals surface area contributed by atoms with E-state index in [0.29, 0.717) is 12.6 Å². The van der Waals surface area contributed by atoms with E-state index in [4.69, 9.17) is 0 Å². The highest BCUT2D eigenvalue weighted by Gasteiger charge is 2.27. The molecule has 0 spiro atoms. The zero-order valence-corrected chi connectivity index (χ0v) is 10.3. The normalized spacial score (nSPS) is 21.3. The Bertz CT molecular complexity index is 204. The van der Waals surface area contributed by atoms with Crippen LogP contribution in [0.5, 0.6) is 0 Å². The first-order chi connectivity index (χ1) is 7.15. The molecule has 0 radical (unpaired) electrons. The van der Waals surface area contributed by atoms with E-state index >= 15 is 0 Å². The van der Waals surface area contributed by atoms with E-state index in [0.717, 1.165) is 12.5 Å². The highest BCUT2D eigenvalue weighted by Crippen LogP contribution is 2.22. The third kappa shape index (κ3) is 3.82. The van der Waals surface area contributed by atoms with Crippen molar-refractivity contribution in [2.24, 2.45) is 5.92 Å². The second-order valence-electron chi connectivity index (χ2n) is 4.88. The highest BCUT2D eigenvalue weighted by atomic mass is 16.2. The molecule has 0 saturated carbocycles. The Kier molecular flexibility index (Phi) is 5.09. The van der Waals surface area contributed by atoms with Gasteiger partial charge in [-0.3, -0.25) is 4.79 Å². The molecule has 3 heteroatoms. The maximum atomic E-state index is 11.8. The molecule has 1 unspecified atom stereocenters. The van der Waals surface area contributed by atoms with Crippen molar-refractivity contribution < 1.29 is 4.79 Å². The summed E-state index contributed by atoms with van der Waals surface area (Å²) in [5.41, 5.74) is 0. The van der Waals surface area contributed by atoms with Crippen LogP contribution in [0.15, 0.2) is 0 Å². The van der Waals surface area contributed by atoms with Gasteiger partial charge in [0.2, 0.25) is 5.91 Å². The third-order valence-corrected chi connectivity index (χ3v) is 3.10. The lowest BCUT2D eigenvalue weighted by molar-refractivity contribution is -0.131. The number of rotatable bonds is 5. The Hall–Kier alpha value is -0.570. The number of carbonyl (C=O) groups is 1. The van der Waals surface area contributed by atoms with Crippen LogP contribution in [0, 0.1) is 5.92 Å². The van der Waals surface area contributed by atoms with Crippen LogP contribution in [0.1, 0.15) is 39.5 Å². The maximum absolute atomic E-state index is 11.8. The minimum atomic E-state index is 0.267. The van der Waals surface area contributed by atoms with E-state index in [9.17, 15) is 4.79 Å². The van der Waals surface area contributed by atoms with Gasteiger partial charge in [-0.2, -0.15) is 0 Å². The van der Waals surface area contributed by atoms with Gasteiger partial charge in [0.05, 0.1) is 6.54 Å². The molecule has 1 fully saturated rings. The Morgan fingerprint density at radius 2 is 2.27 bits per heavy atom. The molecule has 3 nitrogen and oxygen atoms in total. The summed E-state index contributed by atoms with van der Waals surface area (Å²) in [6.45, 7) is 5.94. The van der Waals surface area contributed by atoms with E-state index in [1.807, 2.05) is 7.05 Å². The van der Waals surface area contributed by atoms with Crippen LogP contribution in [-0.2, 0) is 4.79 Å². The molecule has 1 atom stereocenters. The van der Waals surface area contributed by atoms with E-state index in [1.165, 1.54) is 25.7 Å². The third-order valence-electron chi connectivity index (χ3n) is 3.10. The predicted octanol–water partition coefficient (Wildman–Crippen LogP) is 1.63. The van der Waals surface area contributed by atoms with Crippen molar-refractivity contribution in [2.45, 2.75) is 45.6 Å². The molecule has 1 rings (SSSR count). The number of amides is 1. The van der Waals surface area contributed by atoms with Gasteiger partial charge in [-0.15, -0.1) is 0 Å². The number of carbonyl (C=O) groups excluding carboxylic acids is 1. The summed E-state index contributed by atoms with van der Waals surface area (Å²) in [6, 6.07) is 0.508. The van der Waals surface area contributed by atoms with E-state index < -0.39 is 0 Å². The second-order valence-corrected chi connectivity index (χ2v) is 4.88. The molecule has 1 amide bonds. The lowest BCUT2D eigenvalue weighted by atomic mass is 10.0. The van der Waals surface area contributed by atoms with Gasteiger partial charge in [-0.05, 0) is 38.6 Å². The average Bonchev–Trinajstić information content (AvgIpc) is 2.62. The van der Waals surface area contributed by atoms with Crippen LogP contribution in [0.25, 0.3) is 0 Å². The molecule has 0 bridgehead atoms. The number of hydrogen-bond donors (Lipinski definition) is 1. The zero-order valence-electron chi connectivity index (χ0n) is 10.3. The standard InChI is InChI=1S/C12H24N2O/c1-10(2)6-7-11-5-4-8-14(11)12(15)9-13-3/h10-11,13H,4-9H2,1-3H3. The largest absolute Gasteiger partial charge is 0.339 e. The van der Waals surface area contributed by atoms with Gasteiger partial charge in [0.15, 0.2) is 0 Å². The van der Waals surface area contributed by atoms with E-state index in [-0.39, 0.29) is 5.91 Å². The zero-order chi connectivity index (χ0) is 11.3. The molecular formula is C12H24N2O. The van der Waals surface area contributed by atoms with E-state index in [2.05, 4.69) is 24.1 Å². The van der Waals surface area contributed by atoms with Crippen LogP contribution in [0.3, 0.4) is 0 Å². The van der Waals surface area contributed by atoms with Crippen molar-refractivity contribution in [3.05, 3.63) is 0 Å². The second kappa shape index (κ2) is 6.11. The first-order valence-electron chi connectivity index (χ1n) is 6.09. The van der Waals surface area contributed by atoms with Crippen LogP contribution in [0.4, 0.5) is 0 Å². The van der Waals surface area contributed by atoms with Gasteiger partial charge in [-0.25, -0.2) is 0 Å². The van der Waals surface area contributed by atoms with Gasteiger partial charge >= 0.3 is 0 Å². The fourth-order valence-electron chi connectivity index (χ4n) is 2.24. The molecule has 1 aliphatic rings. The van der Waals surface area contributed by atoms with E-state index in [1.54, 1.807) is 0 Å². The molecule has 0 aromatic heterocycles. The average molecular weight is 212 g/mol. The smallest absolute Gasteiger partial charge is 0.236 e. The first-order valence-corrected chi connectivity index (χ1v) is 6.09. The number of hydrogen-bond acceptors (Lipinski definition) is 2. The van der Waals surface area contributed by atoms with Crippen molar-refractivity contribution in [1.82, 2.24) is 10.2 Å². The molecule has 15 heavy (non-hydrogen) atoms. The molecule has 0 aromatic carbocycles. The topological polar surface area (TPSA) is 32.3 Å². The Morgan fingerprint density at radius 3 is 2.87 bits per heavy atom. The summed E-state index contributed by atoms with van der Waals surface area (Å²) in [5, 5.41) is 2.94. The number of nitrogens with zero attached hydrogens (tertiary/aromatic N) is 1. The molecular weight excluding hydrogens is 188 g/mol. The quantitative estimate of drug-likeness (QED) is 0.751. The van der Waals surface area contributed by atoms with Gasteiger partial charge in [0, 0.05) is 12.6 Å². The van der Waals surface area contributed by atoms with Crippen molar-refractivity contribution in [2.75, 3.05) is 20.1 Å². The summed E-state index contributed by atoms with van der Waals surface area (Å²) in [4.78, 5) is 13.8. The van der Waals surface area contributed by atoms with Crippen molar-refractivity contribution in [3.8, 4) is 0 Å². The molecule has 1 N–H and O–H groups in total. The van der Waals surface area contributed by atoms with Crippen LogP contribution >= 0.6 is 0 Å². The predicted molar refractivity (Wildman–Crippen MR) is 62.7 cm³/mol. The lowest BCUT2D eigenvalue weighted by Gasteiger charge is -2.25. The summed E-state index contributed by atoms with van der Waals surface area (Å²) in [6.07, 6.45) is 4.78. The Labute approximate surface area is 93.2 Å². The minimum absolute atomic E-state index is 0.267. The van der Waals surface area contributed by atoms with Crippen molar-refractivity contribution in [1.29, 1.82) is 0 Å². The summed E-state index contributed by atoms with van der Waals surface area (Å²) in [7, 11) is 1.83. The first kappa shape index (κ1) is 12.5. The van der Waals surface area contributed by atoms with Gasteiger partial charge in [0.1, 0.15) is 0 Å². The number of nitrogens with one attached hydrogen (secondary N) is 1. The number of likely N-dealkylation sites (N-methyl/N-ethyl adjacent to an activating group) is 1.